The summed E-state index contributed by atoms with van der Waals surface area (Å²) in [5, 5.41) is 0. The van der Waals surface area contributed by atoms with E-state index in [2.05, 4.69) is 51.2 Å². The Labute approximate surface area is 139 Å². The molecule has 4 heteroatoms. The Hall–Kier alpha value is -1.81. The quantitative estimate of drug-likeness (QED) is 0.832. The monoisotopic (exact) mass is 358 g/mol. The predicted octanol–water partition coefficient (Wildman–Crippen LogP) is 3.82. The second-order valence-electron chi connectivity index (χ2n) is 5.92. The summed E-state index contributed by atoms with van der Waals surface area (Å²) in [7, 11) is 5.90. The van der Waals surface area contributed by atoms with Crippen LogP contribution < -0.4 is 9.80 Å². The molecule has 2 aromatic rings. The minimum Gasteiger partial charge on any atom is -0.378 e. The van der Waals surface area contributed by atoms with E-state index in [1.165, 1.54) is 11.3 Å². The Bertz CT molecular complexity index is 710. The summed E-state index contributed by atoms with van der Waals surface area (Å²) in [5.74, 6) is 0.0764. The largest absolute Gasteiger partial charge is 0.378 e. The van der Waals surface area contributed by atoms with Crippen LogP contribution in [-0.4, -0.2) is 27.1 Å². The molecule has 1 amide bonds. The zero-order valence-electron chi connectivity index (χ0n) is 13.0. The molecule has 1 aliphatic heterocycles. The minimum absolute atomic E-state index is 0.0947. The molecule has 0 spiro atoms. The van der Waals surface area contributed by atoms with E-state index in [-0.39, 0.29) is 11.8 Å². The summed E-state index contributed by atoms with van der Waals surface area (Å²) in [6.45, 7) is 0. The molecule has 22 heavy (non-hydrogen) atoms. The maximum atomic E-state index is 12.6. The van der Waals surface area contributed by atoms with Gasteiger partial charge in [0.05, 0.1) is 5.92 Å². The number of halogens is 1. The Morgan fingerprint density at radius 2 is 1.82 bits per heavy atom. The summed E-state index contributed by atoms with van der Waals surface area (Å²) in [5.41, 5.74) is 4.48. The van der Waals surface area contributed by atoms with Crippen molar-refractivity contribution in [2.75, 3.05) is 30.9 Å². The molecule has 3 nitrogen and oxygen atoms in total. The van der Waals surface area contributed by atoms with Gasteiger partial charge < -0.3 is 9.80 Å². The maximum absolute atomic E-state index is 12.6. The highest BCUT2D eigenvalue weighted by molar-refractivity contribution is 9.10. The Kier molecular flexibility index (Phi) is 3.96. The third-order valence-corrected chi connectivity index (χ3v) is 4.74. The van der Waals surface area contributed by atoms with Crippen LogP contribution >= 0.6 is 15.9 Å². The van der Waals surface area contributed by atoms with Crippen molar-refractivity contribution < 1.29 is 4.79 Å². The molecule has 0 saturated carbocycles. The third-order valence-electron chi connectivity index (χ3n) is 4.25. The lowest BCUT2D eigenvalue weighted by Crippen LogP contribution is -2.24. The first-order chi connectivity index (χ1) is 10.5. The van der Waals surface area contributed by atoms with Gasteiger partial charge in [0.1, 0.15) is 0 Å². The molecule has 1 aliphatic rings. The summed E-state index contributed by atoms with van der Waals surface area (Å²) >= 11 is 3.51. The van der Waals surface area contributed by atoms with Crippen LogP contribution in [-0.2, 0) is 11.2 Å². The number of hydrogen-bond donors (Lipinski definition) is 0. The van der Waals surface area contributed by atoms with Crippen LogP contribution in [0.25, 0.3) is 0 Å². The van der Waals surface area contributed by atoms with Gasteiger partial charge in [0.25, 0.3) is 0 Å². The zero-order valence-corrected chi connectivity index (χ0v) is 14.6. The van der Waals surface area contributed by atoms with Gasteiger partial charge in [0, 0.05) is 37.0 Å². The Balaban J connectivity index is 1.89. The van der Waals surface area contributed by atoms with Crippen LogP contribution in [0.4, 0.5) is 11.4 Å². The van der Waals surface area contributed by atoms with E-state index in [0.29, 0.717) is 0 Å². The molecule has 0 saturated heterocycles. The summed E-state index contributed by atoms with van der Waals surface area (Å²) < 4.78 is 1.02. The SMILES string of the molecule is CN(C)c1ccc(CC2C(=O)N(C)c3ccc(Br)cc32)cc1. The normalized spacial score (nSPS) is 16.8. The zero-order chi connectivity index (χ0) is 15.9. The molecule has 1 unspecified atom stereocenters. The number of carbonyl (C=O) groups is 1. The van der Waals surface area contributed by atoms with E-state index in [4.69, 9.17) is 0 Å². The summed E-state index contributed by atoms with van der Waals surface area (Å²) in [4.78, 5) is 16.4. The number of benzene rings is 2. The molecule has 3 rings (SSSR count). The van der Waals surface area contributed by atoms with Crippen LogP contribution in [0.5, 0.6) is 0 Å². The maximum Gasteiger partial charge on any atom is 0.234 e. The molecule has 0 bridgehead atoms. The van der Waals surface area contributed by atoms with Gasteiger partial charge in [-0.1, -0.05) is 28.1 Å². The van der Waals surface area contributed by atoms with Crippen LogP contribution in [0, 0.1) is 0 Å². The van der Waals surface area contributed by atoms with Crippen LogP contribution in [0.3, 0.4) is 0 Å². The van der Waals surface area contributed by atoms with E-state index in [1.54, 1.807) is 4.90 Å². The van der Waals surface area contributed by atoms with Gasteiger partial charge in [-0.2, -0.15) is 0 Å². The van der Waals surface area contributed by atoms with Crippen molar-refractivity contribution in [1.82, 2.24) is 0 Å². The van der Waals surface area contributed by atoms with Crippen LogP contribution in [0.1, 0.15) is 17.0 Å². The first-order valence-corrected chi connectivity index (χ1v) is 8.10. The first kappa shape index (κ1) is 15.1. The highest BCUT2D eigenvalue weighted by atomic mass is 79.9. The number of rotatable bonds is 3. The van der Waals surface area contributed by atoms with E-state index in [1.807, 2.05) is 33.3 Å². The number of amides is 1. The molecule has 0 fully saturated rings. The predicted molar refractivity (Wildman–Crippen MR) is 94.8 cm³/mol. The fourth-order valence-corrected chi connectivity index (χ4v) is 3.34. The molecule has 1 atom stereocenters. The summed E-state index contributed by atoms with van der Waals surface area (Å²) in [6, 6.07) is 14.5. The topological polar surface area (TPSA) is 23.6 Å². The lowest BCUT2D eigenvalue weighted by Gasteiger charge is -2.14. The number of anilines is 2. The van der Waals surface area contributed by atoms with E-state index < -0.39 is 0 Å². The number of likely N-dealkylation sites (N-methyl/N-ethyl adjacent to an activating group) is 1. The van der Waals surface area contributed by atoms with Crippen molar-refractivity contribution in [2.24, 2.45) is 0 Å². The number of hydrogen-bond acceptors (Lipinski definition) is 2. The average Bonchev–Trinajstić information content (AvgIpc) is 2.72. The molecule has 2 aromatic carbocycles. The highest BCUT2D eigenvalue weighted by Crippen LogP contribution is 2.39. The van der Waals surface area contributed by atoms with Gasteiger partial charge in [-0.25, -0.2) is 0 Å². The summed E-state index contributed by atoms with van der Waals surface area (Å²) in [6.07, 6.45) is 0.736. The molecule has 1 heterocycles. The molecule has 0 aliphatic carbocycles. The van der Waals surface area contributed by atoms with Gasteiger partial charge in [0.2, 0.25) is 5.91 Å². The Morgan fingerprint density at radius 3 is 2.45 bits per heavy atom. The fourth-order valence-electron chi connectivity index (χ4n) is 2.96. The van der Waals surface area contributed by atoms with Crippen LogP contribution in [0.15, 0.2) is 46.9 Å². The van der Waals surface area contributed by atoms with Crippen molar-refractivity contribution >= 4 is 33.2 Å². The minimum atomic E-state index is -0.0947. The number of carbonyl (C=O) groups excluding carboxylic acids is 1. The highest BCUT2D eigenvalue weighted by Gasteiger charge is 2.35. The number of fused-ring (bicyclic) bond motifs is 1. The third kappa shape index (κ3) is 2.63. The molecule has 0 radical (unpaired) electrons. The molecular formula is C18H19BrN2O. The van der Waals surface area contributed by atoms with Gasteiger partial charge in [-0.05, 0) is 47.9 Å². The Morgan fingerprint density at radius 1 is 1.14 bits per heavy atom. The van der Waals surface area contributed by atoms with E-state index in [9.17, 15) is 4.79 Å². The van der Waals surface area contributed by atoms with Crippen LogP contribution in [0.2, 0.25) is 0 Å². The smallest absolute Gasteiger partial charge is 0.234 e. The number of nitrogens with zero attached hydrogens (tertiary/aromatic N) is 2. The van der Waals surface area contributed by atoms with Crippen molar-refractivity contribution in [3.63, 3.8) is 0 Å². The van der Waals surface area contributed by atoms with Gasteiger partial charge >= 0.3 is 0 Å². The van der Waals surface area contributed by atoms with Gasteiger partial charge in [0.15, 0.2) is 0 Å². The molecule has 0 N–H and O–H groups in total. The molecule has 114 valence electrons. The second kappa shape index (κ2) is 5.76. The lowest BCUT2D eigenvalue weighted by atomic mass is 9.93. The van der Waals surface area contributed by atoms with Gasteiger partial charge in [-0.15, -0.1) is 0 Å². The van der Waals surface area contributed by atoms with Crippen molar-refractivity contribution in [1.29, 1.82) is 0 Å². The van der Waals surface area contributed by atoms with Crippen molar-refractivity contribution in [3.8, 4) is 0 Å². The van der Waals surface area contributed by atoms with Crippen molar-refractivity contribution in [2.45, 2.75) is 12.3 Å². The lowest BCUT2D eigenvalue weighted by molar-refractivity contribution is -0.119. The van der Waals surface area contributed by atoms with E-state index >= 15 is 0 Å². The average molecular weight is 359 g/mol. The van der Waals surface area contributed by atoms with Crippen molar-refractivity contribution in [3.05, 3.63) is 58.1 Å². The van der Waals surface area contributed by atoms with E-state index in [0.717, 1.165) is 22.1 Å². The fraction of sp³-hybridized carbons (Fsp3) is 0.278. The molecular weight excluding hydrogens is 340 g/mol. The molecule has 0 aromatic heterocycles. The first-order valence-electron chi connectivity index (χ1n) is 7.30. The van der Waals surface area contributed by atoms with Gasteiger partial charge in [-0.3, -0.25) is 4.79 Å². The second-order valence-corrected chi connectivity index (χ2v) is 6.83. The standard InChI is InChI=1S/C18H19BrN2O/c1-20(2)14-7-4-12(5-8-14)10-16-15-11-13(19)6-9-17(15)21(3)18(16)22/h4-9,11,16H,10H2,1-3H3.